The van der Waals surface area contributed by atoms with Crippen LogP contribution in [0.2, 0.25) is 0 Å². The van der Waals surface area contributed by atoms with Crippen LogP contribution in [0.4, 0.5) is 0 Å². The lowest BCUT2D eigenvalue weighted by atomic mass is 10.1. The molecule has 30 heavy (non-hydrogen) atoms. The number of rotatable bonds is 8. The van der Waals surface area contributed by atoms with Gasteiger partial charge in [0.2, 0.25) is 10.0 Å². The number of aryl methyl sites for hydroxylation is 2. The zero-order valence-corrected chi connectivity index (χ0v) is 19.6. The van der Waals surface area contributed by atoms with Crippen molar-refractivity contribution in [2.45, 2.75) is 37.6 Å². The molecule has 170 valence electrons. The van der Waals surface area contributed by atoms with E-state index in [2.05, 4.69) is 4.90 Å². The maximum absolute atomic E-state index is 13.6. The van der Waals surface area contributed by atoms with E-state index in [1.54, 1.807) is 33.1 Å². The van der Waals surface area contributed by atoms with Crippen molar-refractivity contribution in [1.29, 1.82) is 0 Å². The molecule has 0 radical (unpaired) electrons. The summed E-state index contributed by atoms with van der Waals surface area (Å²) in [7, 11) is -5.50. The summed E-state index contributed by atoms with van der Waals surface area (Å²) < 4.78 is 63.5. The van der Waals surface area contributed by atoms with Crippen LogP contribution < -0.4 is 4.74 Å². The van der Waals surface area contributed by atoms with Gasteiger partial charge in [0.05, 0.1) is 36.7 Å². The molecule has 1 aromatic carbocycles. The second kappa shape index (κ2) is 9.52. The van der Waals surface area contributed by atoms with Gasteiger partial charge in [-0.1, -0.05) is 0 Å². The van der Waals surface area contributed by atoms with Crippen molar-refractivity contribution >= 4 is 19.9 Å². The molecule has 1 atom stereocenters. The quantitative estimate of drug-likeness (QED) is 0.576. The highest BCUT2D eigenvalue weighted by Crippen LogP contribution is 2.31. The summed E-state index contributed by atoms with van der Waals surface area (Å²) >= 11 is 0. The average Bonchev–Trinajstić information content (AvgIpc) is 3.06. The minimum absolute atomic E-state index is 0.0355. The second-order valence-corrected chi connectivity index (χ2v) is 12.2. The molecule has 2 aliphatic heterocycles. The SMILES string of the molecule is COc1cc(C)c(S(=O)(=O)N(CCCN2CCOCC2)C2CCS(=O)(=O)C2)cc1C. The summed E-state index contributed by atoms with van der Waals surface area (Å²) in [6, 6.07) is 2.83. The van der Waals surface area contributed by atoms with Gasteiger partial charge >= 0.3 is 0 Å². The molecular formula is C20H32N2O6S2. The molecule has 1 aromatic rings. The third kappa shape index (κ3) is 5.34. The van der Waals surface area contributed by atoms with Crippen molar-refractivity contribution in [3.8, 4) is 5.75 Å². The van der Waals surface area contributed by atoms with Crippen molar-refractivity contribution in [3.05, 3.63) is 23.3 Å². The van der Waals surface area contributed by atoms with E-state index >= 15 is 0 Å². The molecule has 10 heteroatoms. The number of benzene rings is 1. The summed E-state index contributed by atoms with van der Waals surface area (Å²) in [5, 5.41) is 0. The fourth-order valence-electron chi connectivity index (χ4n) is 4.16. The number of sulfonamides is 1. The molecule has 8 nitrogen and oxygen atoms in total. The zero-order chi connectivity index (χ0) is 21.9. The molecule has 0 amide bonds. The topological polar surface area (TPSA) is 93.2 Å². The first-order chi connectivity index (χ1) is 14.1. The van der Waals surface area contributed by atoms with Crippen molar-refractivity contribution in [2.24, 2.45) is 0 Å². The summed E-state index contributed by atoms with van der Waals surface area (Å²) in [5.74, 6) is 0.555. The number of hydrogen-bond acceptors (Lipinski definition) is 7. The Kier molecular flexibility index (Phi) is 7.44. The normalized spacial score (nSPS) is 22.5. The molecule has 2 fully saturated rings. The largest absolute Gasteiger partial charge is 0.496 e. The van der Waals surface area contributed by atoms with Gasteiger partial charge in [-0.3, -0.25) is 4.90 Å². The van der Waals surface area contributed by atoms with Gasteiger partial charge in [-0.15, -0.1) is 0 Å². The molecule has 2 aliphatic rings. The molecule has 2 saturated heterocycles. The minimum atomic E-state index is -3.85. The first-order valence-electron chi connectivity index (χ1n) is 10.3. The van der Waals surface area contributed by atoms with Crippen LogP contribution in [0.3, 0.4) is 0 Å². The van der Waals surface area contributed by atoms with Gasteiger partial charge in [0.1, 0.15) is 5.75 Å². The first-order valence-corrected chi connectivity index (χ1v) is 13.6. The average molecular weight is 461 g/mol. The third-order valence-corrected chi connectivity index (χ3v) is 9.70. The molecule has 0 aromatic heterocycles. The van der Waals surface area contributed by atoms with Gasteiger partial charge in [-0.2, -0.15) is 4.31 Å². The van der Waals surface area contributed by atoms with Crippen LogP contribution >= 0.6 is 0 Å². The number of nitrogens with zero attached hydrogens (tertiary/aromatic N) is 2. The highest BCUT2D eigenvalue weighted by atomic mass is 32.2. The van der Waals surface area contributed by atoms with Gasteiger partial charge in [-0.05, 0) is 56.5 Å². The Bertz CT molecular complexity index is 956. The van der Waals surface area contributed by atoms with Crippen molar-refractivity contribution in [3.63, 3.8) is 0 Å². The Morgan fingerprint density at radius 2 is 1.90 bits per heavy atom. The number of sulfone groups is 1. The predicted molar refractivity (Wildman–Crippen MR) is 115 cm³/mol. The van der Waals surface area contributed by atoms with Crippen LogP contribution in [0.25, 0.3) is 0 Å². The van der Waals surface area contributed by atoms with E-state index in [1.807, 2.05) is 0 Å². The standard InChI is InChI=1S/C20H32N2O6S2/c1-16-14-20(17(2)13-19(16)27-3)30(25,26)22(18-5-12-29(23,24)15-18)7-4-6-21-8-10-28-11-9-21/h13-14,18H,4-12,15H2,1-3H3. The lowest BCUT2D eigenvalue weighted by molar-refractivity contribution is 0.0367. The molecule has 0 aliphatic carbocycles. The van der Waals surface area contributed by atoms with Gasteiger partial charge in [0.15, 0.2) is 9.84 Å². The Balaban J connectivity index is 1.85. The van der Waals surface area contributed by atoms with Crippen molar-refractivity contribution in [1.82, 2.24) is 9.21 Å². The molecule has 3 rings (SSSR count). The zero-order valence-electron chi connectivity index (χ0n) is 18.0. The van der Waals surface area contributed by atoms with Crippen LogP contribution in [0.5, 0.6) is 5.75 Å². The maximum atomic E-state index is 13.6. The number of morpholine rings is 1. The fraction of sp³-hybridized carbons (Fsp3) is 0.700. The lowest BCUT2D eigenvalue weighted by Gasteiger charge is -2.30. The smallest absolute Gasteiger partial charge is 0.243 e. The molecule has 0 N–H and O–H groups in total. The van der Waals surface area contributed by atoms with Gasteiger partial charge in [0.25, 0.3) is 0 Å². The highest BCUT2D eigenvalue weighted by Gasteiger charge is 2.39. The van der Waals surface area contributed by atoms with E-state index in [4.69, 9.17) is 9.47 Å². The Labute approximate surface area is 180 Å². The van der Waals surface area contributed by atoms with Crippen LogP contribution in [0, 0.1) is 13.8 Å². The Hall–Kier alpha value is -1.20. The first kappa shape index (κ1) is 23.5. The Morgan fingerprint density at radius 1 is 1.20 bits per heavy atom. The number of hydrogen-bond donors (Lipinski definition) is 0. The van der Waals surface area contributed by atoms with Gasteiger partial charge in [-0.25, -0.2) is 16.8 Å². The van der Waals surface area contributed by atoms with E-state index in [-0.39, 0.29) is 16.4 Å². The van der Waals surface area contributed by atoms with Crippen LogP contribution in [-0.4, -0.2) is 90.1 Å². The van der Waals surface area contributed by atoms with E-state index in [9.17, 15) is 16.8 Å². The second-order valence-electron chi connectivity index (χ2n) is 8.07. The minimum Gasteiger partial charge on any atom is -0.496 e. The summed E-state index contributed by atoms with van der Waals surface area (Å²) in [6.45, 7) is 7.65. The monoisotopic (exact) mass is 460 g/mol. The van der Waals surface area contributed by atoms with Crippen molar-refractivity contribution in [2.75, 3.05) is 58.0 Å². The van der Waals surface area contributed by atoms with E-state index in [0.29, 0.717) is 43.9 Å². The third-order valence-electron chi connectivity index (χ3n) is 5.85. The van der Waals surface area contributed by atoms with Gasteiger partial charge in [0, 0.05) is 25.7 Å². The number of methoxy groups -OCH3 is 1. The molecule has 0 saturated carbocycles. The van der Waals surface area contributed by atoms with Crippen LogP contribution in [0.15, 0.2) is 17.0 Å². The van der Waals surface area contributed by atoms with Gasteiger partial charge < -0.3 is 9.47 Å². The van der Waals surface area contributed by atoms with Crippen molar-refractivity contribution < 1.29 is 26.3 Å². The molecule has 1 unspecified atom stereocenters. The Morgan fingerprint density at radius 3 is 2.50 bits per heavy atom. The van der Waals surface area contributed by atoms with Crippen LogP contribution in [0.1, 0.15) is 24.0 Å². The summed E-state index contributed by atoms with van der Waals surface area (Å²) in [5.41, 5.74) is 1.32. The number of ether oxygens (including phenoxy) is 2. The summed E-state index contributed by atoms with van der Waals surface area (Å²) in [4.78, 5) is 2.47. The molecule has 0 bridgehead atoms. The summed E-state index contributed by atoms with van der Waals surface area (Å²) in [6.07, 6.45) is 0.983. The fourth-order valence-corrected chi connectivity index (χ4v) is 7.97. The van der Waals surface area contributed by atoms with E-state index < -0.39 is 25.9 Å². The van der Waals surface area contributed by atoms with Crippen LogP contribution in [-0.2, 0) is 24.6 Å². The molecule has 2 heterocycles. The van der Waals surface area contributed by atoms with E-state index in [0.717, 1.165) is 25.2 Å². The molecule has 0 spiro atoms. The predicted octanol–water partition coefficient (Wildman–Crippen LogP) is 1.21. The highest BCUT2D eigenvalue weighted by molar-refractivity contribution is 7.92. The lowest BCUT2D eigenvalue weighted by Crippen LogP contribution is -2.43. The van der Waals surface area contributed by atoms with E-state index in [1.165, 1.54) is 4.31 Å². The molecular weight excluding hydrogens is 428 g/mol. The maximum Gasteiger partial charge on any atom is 0.243 e.